The summed E-state index contributed by atoms with van der Waals surface area (Å²) in [5.74, 6) is 2.49. The summed E-state index contributed by atoms with van der Waals surface area (Å²) in [6.45, 7) is 7.45. The lowest BCUT2D eigenvalue weighted by molar-refractivity contribution is 0.286. The van der Waals surface area contributed by atoms with Crippen LogP contribution >= 0.6 is 23.1 Å². The van der Waals surface area contributed by atoms with Crippen LogP contribution in [0.2, 0.25) is 0 Å². The maximum atomic E-state index is 6.01. The number of thioether (sulfide) groups is 1. The number of hydrogen-bond acceptors (Lipinski definition) is 6. The van der Waals surface area contributed by atoms with Gasteiger partial charge in [-0.3, -0.25) is 0 Å². The minimum absolute atomic E-state index is 0.403. The van der Waals surface area contributed by atoms with Gasteiger partial charge in [0.15, 0.2) is 11.0 Å². The van der Waals surface area contributed by atoms with E-state index in [4.69, 9.17) is 9.72 Å². The van der Waals surface area contributed by atoms with Gasteiger partial charge >= 0.3 is 0 Å². The molecule has 30 heavy (non-hydrogen) atoms. The molecule has 154 valence electrons. The molecule has 0 saturated heterocycles. The number of benzene rings is 2. The highest BCUT2D eigenvalue weighted by molar-refractivity contribution is 7.98. The summed E-state index contributed by atoms with van der Waals surface area (Å²) >= 11 is 3.33. The quantitative estimate of drug-likeness (QED) is 0.321. The molecule has 0 amide bonds. The molecule has 2 aromatic heterocycles. The summed E-state index contributed by atoms with van der Waals surface area (Å²) in [7, 11) is 0. The van der Waals surface area contributed by atoms with E-state index in [0.29, 0.717) is 6.61 Å². The van der Waals surface area contributed by atoms with Gasteiger partial charge in [0, 0.05) is 23.2 Å². The van der Waals surface area contributed by atoms with E-state index in [-0.39, 0.29) is 0 Å². The average Bonchev–Trinajstić information content (AvgIpc) is 3.39. The number of nitrogens with zero attached hydrogens (tertiary/aromatic N) is 4. The van der Waals surface area contributed by atoms with Crippen LogP contribution in [-0.4, -0.2) is 19.7 Å². The molecular formula is C23H24N4OS2. The maximum Gasteiger partial charge on any atom is 0.191 e. The van der Waals surface area contributed by atoms with Crippen LogP contribution in [0.15, 0.2) is 59.1 Å². The van der Waals surface area contributed by atoms with E-state index >= 15 is 0 Å². The molecule has 7 heteroatoms. The molecule has 0 bridgehead atoms. The topological polar surface area (TPSA) is 52.8 Å². The van der Waals surface area contributed by atoms with Crippen LogP contribution in [0.3, 0.4) is 0 Å². The van der Waals surface area contributed by atoms with Gasteiger partial charge in [-0.15, -0.1) is 21.5 Å². The molecular weight excluding hydrogens is 412 g/mol. The summed E-state index contributed by atoms with van der Waals surface area (Å²) in [5.41, 5.74) is 4.57. The Hall–Kier alpha value is -2.64. The number of aryl methyl sites for hydroxylation is 2. The van der Waals surface area contributed by atoms with E-state index in [1.54, 1.807) is 23.1 Å². The number of aromatic nitrogens is 4. The Morgan fingerprint density at radius 3 is 2.67 bits per heavy atom. The molecule has 2 heterocycles. The third-order valence-corrected chi connectivity index (χ3v) is 6.66. The molecule has 0 N–H and O–H groups in total. The van der Waals surface area contributed by atoms with E-state index in [1.165, 1.54) is 5.56 Å². The van der Waals surface area contributed by atoms with Gasteiger partial charge in [0.05, 0.1) is 5.69 Å². The van der Waals surface area contributed by atoms with Crippen LogP contribution in [-0.2, 0) is 18.9 Å². The standard InChI is InChI=1S/C23H24N4OS2/c1-4-27-21(13-28-20-11-10-16(2)12-17(20)3)25-26-23(27)30-15-19-14-29-22(24-19)18-8-6-5-7-9-18/h5-12,14H,4,13,15H2,1-3H3. The van der Waals surface area contributed by atoms with Gasteiger partial charge < -0.3 is 9.30 Å². The van der Waals surface area contributed by atoms with Crippen molar-refractivity contribution in [3.63, 3.8) is 0 Å². The van der Waals surface area contributed by atoms with Gasteiger partial charge in [0.25, 0.3) is 0 Å². The van der Waals surface area contributed by atoms with Crippen molar-refractivity contribution in [2.24, 2.45) is 0 Å². The van der Waals surface area contributed by atoms with Crippen LogP contribution in [0, 0.1) is 13.8 Å². The third-order valence-electron chi connectivity index (χ3n) is 4.72. The van der Waals surface area contributed by atoms with Gasteiger partial charge in [-0.25, -0.2) is 4.98 Å². The second kappa shape index (κ2) is 9.45. The van der Waals surface area contributed by atoms with Crippen molar-refractivity contribution in [2.45, 2.75) is 44.8 Å². The summed E-state index contributed by atoms with van der Waals surface area (Å²) in [4.78, 5) is 4.77. The zero-order valence-electron chi connectivity index (χ0n) is 17.3. The van der Waals surface area contributed by atoms with Gasteiger partial charge in [-0.2, -0.15) is 0 Å². The first-order chi connectivity index (χ1) is 14.6. The molecule has 0 unspecified atom stereocenters. The molecule has 4 aromatic rings. The Morgan fingerprint density at radius 1 is 1.07 bits per heavy atom. The third kappa shape index (κ3) is 4.74. The predicted octanol–water partition coefficient (Wildman–Crippen LogP) is 5.91. The number of hydrogen-bond donors (Lipinski definition) is 0. The molecule has 0 spiro atoms. The van der Waals surface area contributed by atoms with Crippen LogP contribution in [0.5, 0.6) is 5.75 Å². The lowest BCUT2D eigenvalue weighted by Crippen LogP contribution is -2.07. The van der Waals surface area contributed by atoms with Gasteiger partial charge in [-0.1, -0.05) is 59.8 Å². The normalized spacial score (nSPS) is 11.0. The van der Waals surface area contributed by atoms with Crippen molar-refractivity contribution in [1.82, 2.24) is 19.7 Å². The van der Waals surface area contributed by atoms with Crippen LogP contribution in [0.25, 0.3) is 10.6 Å². The van der Waals surface area contributed by atoms with Crippen molar-refractivity contribution < 1.29 is 4.74 Å². The van der Waals surface area contributed by atoms with E-state index < -0.39 is 0 Å². The lowest BCUT2D eigenvalue weighted by Gasteiger charge is -2.11. The minimum Gasteiger partial charge on any atom is -0.485 e. The van der Waals surface area contributed by atoms with Crippen molar-refractivity contribution in [1.29, 1.82) is 0 Å². The summed E-state index contributed by atoms with van der Waals surface area (Å²) in [6.07, 6.45) is 0. The van der Waals surface area contributed by atoms with Gasteiger partial charge in [0.1, 0.15) is 17.4 Å². The fourth-order valence-corrected chi connectivity index (χ4v) is 5.02. The maximum absolute atomic E-state index is 6.01. The Balaban J connectivity index is 1.41. The van der Waals surface area contributed by atoms with Gasteiger partial charge in [0.2, 0.25) is 0 Å². The summed E-state index contributed by atoms with van der Waals surface area (Å²) in [6, 6.07) is 16.5. The van der Waals surface area contributed by atoms with E-state index in [1.807, 2.05) is 24.3 Å². The first-order valence-electron chi connectivity index (χ1n) is 9.88. The largest absolute Gasteiger partial charge is 0.485 e. The Morgan fingerprint density at radius 2 is 1.90 bits per heavy atom. The SMILES string of the molecule is CCn1c(COc2ccc(C)cc2C)nnc1SCc1csc(-c2ccccc2)n1. The highest BCUT2D eigenvalue weighted by Gasteiger charge is 2.14. The van der Waals surface area contributed by atoms with Crippen LogP contribution in [0.1, 0.15) is 29.6 Å². The molecule has 0 fully saturated rings. The molecule has 2 aromatic carbocycles. The minimum atomic E-state index is 0.403. The fourth-order valence-electron chi connectivity index (χ4n) is 3.18. The zero-order valence-corrected chi connectivity index (χ0v) is 19.0. The predicted molar refractivity (Wildman–Crippen MR) is 123 cm³/mol. The monoisotopic (exact) mass is 436 g/mol. The van der Waals surface area contributed by atoms with Crippen molar-refractivity contribution >= 4 is 23.1 Å². The second-order valence-electron chi connectivity index (χ2n) is 7.00. The number of thiazole rings is 1. The Kier molecular flexibility index (Phi) is 6.50. The summed E-state index contributed by atoms with van der Waals surface area (Å²) < 4.78 is 8.12. The zero-order chi connectivity index (χ0) is 20.9. The Labute approximate surface area is 185 Å². The van der Waals surface area contributed by atoms with Crippen molar-refractivity contribution in [3.05, 3.63) is 76.6 Å². The highest BCUT2D eigenvalue weighted by atomic mass is 32.2. The van der Waals surface area contributed by atoms with E-state index in [2.05, 4.69) is 65.2 Å². The van der Waals surface area contributed by atoms with Gasteiger partial charge in [-0.05, 0) is 32.4 Å². The van der Waals surface area contributed by atoms with Crippen molar-refractivity contribution in [3.8, 4) is 16.3 Å². The molecule has 0 aliphatic heterocycles. The second-order valence-corrected chi connectivity index (χ2v) is 8.80. The molecule has 0 radical (unpaired) electrons. The Bertz CT molecular complexity index is 1120. The first-order valence-corrected chi connectivity index (χ1v) is 11.8. The van der Waals surface area contributed by atoms with E-state index in [9.17, 15) is 0 Å². The molecule has 4 rings (SSSR count). The molecule has 5 nitrogen and oxygen atoms in total. The highest BCUT2D eigenvalue weighted by Crippen LogP contribution is 2.28. The molecule has 0 aliphatic rings. The average molecular weight is 437 g/mol. The number of rotatable bonds is 8. The first kappa shape index (κ1) is 20.6. The van der Waals surface area contributed by atoms with Crippen molar-refractivity contribution in [2.75, 3.05) is 0 Å². The molecule has 0 saturated carbocycles. The number of ether oxygens (including phenoxy) is 1. The lowest BCUT2D eigenvalue weighted by atomic mass is 10.1. The fraction of sp³-hybridized carbons (Fsp3) is 0.261. The molecule has 0 atom stereocenters. The van der Waals surface area contributed by atoms with E-state index in [0.717, 1.165) is 50.9 Å². The summed E-state index contributed by atoms with van der Waals surface area (Å²) in [5, 5.41) is 12.8. The molecule has 0 aliphatic carbocycles. The van der Waals surface area contributed by atoms with Crippen LogP contribution in [0.4, 0.5) is 0 Å². The smallest absolute Gasteiger partial charge is 0.191 e. The van der Waals surface area contributed by atoms with Crippen LogP contribution < -0.4 is 4.74 Å².